The van der Waals surface area contributed by atoms with Crippen LogP contribution in [0.3, 0.4) is 0 Å². The van der Waals surface area contributed by atoms with Gasteiger partial charge in [-0.2, -0.15) is 0 Å². The van der Waals surface area contributed by atoms with Crippen LogP contribution >= 0.6 is 0 Å². The maximum Gasteiger partial charge on any atom is 0.226 e. The summed E-state index contributed by atoms with van der Waals surface area (Å²) in [5, 5.41) is 0. The number of piperidine rings is 1. The van der Waals surface area contributed by atoms with E-state index in [0.29, 0.717) is 0 Å². The summed E-state index contributed by atoms with van der Waals surface area (Å²) < 4.78 is 5.40. The lowest BCUT2D eigenvalue weighted by molar-refractivity contribution is -0.137. The van der Waals surface area contributed by atoms with Crippen LogP contribution in [0.25, 0.3) is 0 Å². The van der Waals surface area contributed by atoms with Crippen LogP contribution < -0.4 is 0 Å². The smallest absolute Gasteiger partial charge is 0.226 e. The molecular formula is C18H24N4O2. The molecule has 0 spiro atoms. The van der Waals surface area contributed by atoms with E-state index in [1.165, 1.54) is 6.33 Å². The lowest BCUT2D eigenvalue weighted by Crippen LogP contribution is -2.41. The molecule has 1 fully saturated rings. The van der Waals surface area contributed by atoms with Gasteiger partial charge in [0.15, 0.2) is 0 Å². The van der Waals surface area contributed by atoms with Crippen molar-refractivity contribution in [3.05, 3.63) is 48.4 Å². The Labute approximate surface area is 142 Å². The number of rotatable bonds is 5. The third kappa shape index (κ3) is 3.82. The van der Waals surface area contributed by atoms with Crippen LogP contribution in [0.2, 0.25) is 0 Å². The molecule has 0 aromatic carbocycles. The van der Waals surface area contributed by atoms with Crippen LogP contribution in [0.15, 0.2) is 41.4 Å². The molecule has 2 aromatic heterocycles. The second-order valence-electron chi connectivity index (χ2n) is 6.39. The molecule has 2 aromatic rings. The van der Waals surface area contributed by atoms with Crippen molar-refractivity contribution in [2.45, 2.75) is 32.4 Å². The molecule has 1 saturated heterocycles. The number of carbonyl (C=O) groups excluding carboxylic acids is 1. The molecule has 0 saturated carbocycles. The molecule has 6 heteroatoms. The first-order valence-electron chi connectivity index (χ1n) is 8.42. The zero-order valence-corrected chi connectivity index (χ0v) is 14.3. The third-order valence-corrected chi connectivity index (χ3v) is 4.86. The predicted octanol–water partition coefficient (Wildman–Crippen LogP) is 2.50. The molecule has 1 aliphatic heterocycles. The molecule has 6 nitrogen and oxygen atoms in total. The van der Waals surface area contributed by atoms with Crippen molar-refractivity contribution >= 4 is 5.91 Å². The zero-order chi connectivity index (χ0) is 16.9. The Balaban J connectivity index is 1.53. The SMILES string of the molecule is C[C@H](c1ccncn1)N(C)C(=O)C1CCN(Cc2ccco2)CC1. The van der Waals surface area contributed by atoms with E-state index in [9.17, 15) is 4.79 Å². The van der Waals surface area contributed by atoms with E-state index in [0.717, 1.165) is 43.9 Å². The second kappa shape index (κ2) is 7.57. The molecule has 3 heterocycles. The van der Waals surface area contributed by atoms with Crippen molar-refractivity contribution in [1.29, 1.82) is 0 Å². The molecule has 1 aliphatic rings. The Morgan fingerprint density at radius 3 is 2.83 bits per heavy atom. The minimum atomic E-state index is -0.0401. The highest BCUT2D eigenvalue weighted by molar-refractivity contribution is 5.79. The molecule has 3 rings (SSSR count). The Bertz CT molecular complexity index is 636. The van der Waals surface area contributed by atoms with E-state index in [1.807, 2.05) is 37.1 Å². The lowest BCUT2D eigenvalue weighted by Gasteiger charge is -2.34. The van der Waals surface area contributed by atoms with Gasteiger partial charge in [-0.1, -0.05) is 0 Å². The van der Waals surface area contributed by atoms with Crippen molar-refractivity contribution in [3.8, 4) is 0 Å². The van der Waals surface area contributed by atoms with Crippen LogP contribution in [0.5, 0.6) is 0 Å². The van der Waals surface area contributed by atoms with Gasteiger partial charge in [0, 0.05) is 19.2 Å². The van der Waals surface area contributed by atoms with Gasteiger partial charge in [-0.3, -0.25) is 9.69 Å². The van der Waals surface area contributed by atoms with Gasteiger partial charge in [0.25, 0.3) is 0 Å². The molecule has 0 radical (unpaired) electrons. The number of hydrogen-bond acceptors (Lipinski definition) is 5. The molecule has 1 atom stereocenters. The van der Waals surface area contributed by atoms with Gasteiger partial charge in [0.2, 0.25) is 5.91 Å². The quantitative estimate of drug-likeness (QED) is 0.844. The summed E-state index contributed by atoms with van der Waals surface area (Å²) in [7, 11) is 1.87. The van der Waals surface area contributed by atoms with Crippen molar-refractivity contribution in [3.63, 3.8) is 0 Å². The van der Waals surface area contributed by atoms with Crippen molar-refractivity contribution in [2.75, 3.05) is 20.1 Å². The molecule has 0 aliphatic carbocycles. The summed E-state index contributed by atoms with van der Waals surface area (Å²) in [6.07, 6.45) is 6.72. The minimum absolute atomic E-state index is 0.0401. The summed E-state index contributed by atoms with van der Waals surface area (Å²) in [6, 6.07) is 5.73. The fourth-order valence-corrected chi connectivity index (χ4v) is 3.19. The number of amides is 1. The van der Waals surface area contributed by atoms with Crippen molar-refractivity contribution in [2.24, 2.45) is 5.92 Å². The molecule has 1 amide bonds. The fourth-order valence-electron chi connectivity index (χ4n) is 3.19. The van der Waals surface area contributed by atoms with Crippen LogP contribution in [0.1, 0.15) is 37.3 Å². The summed E-state index contributed by atoms with van der Waals surface area (Å²) >= 11 is 0. The molecule has 128 valence electrons. The number of furan rings is 1. The fraction of sp³-hybridized carbons (Fsp3) is 0.500. The molecule has 0 N–H and O–H groups in total. The molecule has 0 bridgehead atoms. The zero-order valence-electron chi connectivity index (χ0n) is 14.3. The average Bonchev–Trinajstić information content (AvgIpc) is 3.14. The Kier molecular flexibility index (Phi) is 5.25. The maximum absolute atomic E-state index is 12.8. The van der Waals surface area contributed by atoms with Crippen LogP contribution in [-0.2, 0) is 11.3 Å². The van der Waals surface area contributed by atoms with E-state index in [2.05, 4.69) is 14.9 Å². The third-order valence-electron chi connectivity index (χ3n) is 4.86. The summed E-state index contributed by atoms with van der Waals surface area (Å²) in [4.78, 5) is 25.1. The van der Waals surface area contributed by atoms with E-state index < -0.39 is 0 Å². The largest absolute Gasteiger partial charge is 0.468 e. The Morgan fingerprint density at radius 1 is 1.42 bits per heavy atom. The molecular weight excluding hydrogens is 304 g/mol. The number of nitrogens with zero attached hydrogens (tertiary/aromatic N) is 4. The van der Waals surface area contributed by atoms with Gasteiger partial charge >= 0.3 is 0 Å². The number of likely N-dealkylation sites (tertiary alicyclic amines) is 1. The average molecular weight is 328 g/mol. The Hall–Kier alpha value is -2.21. The van der Waals surface area contributed by atoms with Crippen molar-refractivity contribution in [1.82, 2.24) is 19.8 Å². The van der Waals surface area contributed by atoms with Gasteiger partial charge in [-0.05, 0) is 51.1 Å². The van der Waals surface area contributed by atoms with E-state index in [4.69, 9.17) is 4.42 Å². The number of aromatic nitrogens is 2. The second-order valence-corrected chi connectivity index (χ2v) is 6.39. The normalized spacial score (nSPS) is 17.6. The molecule has 24 heavy (non-hydrogen) atoms. The lowest BCUT2D eigenvalue weighted by atomic mass is 9.94. The van der Waals surface area contributed by atoms with Gasteiger partial charge in [-0.15, -0.1) is 0 Å². The van der Waals surface area contributed by atoms with Crippen LogP contribution in [0.4, 0.5) is 0 Å². The van der Waals surface area contributed by atoms with Gasteiger partial charge < -0.3 is 9.32 Å². The summed E-state index contributed by atoms with van der Waals surface area (Å²) in [5.41, 5.74) is 0.871. The highest BCUT2D eigenvalue weighted by Gasteiger charge is 2.29. The first-order chi connectivity index (χ1) is 11.6. The number of hydrogen-bond donors (Lipinski definition) is 0. The summed E-state index contributed by atoms with van der Waals surface area (Å²) in [5.74, 6) is 1.28. The van der Waals surface area contributed by atoms with E-state index in [-0.39, 0.29) is 17.9 Å². The van der Waals surface area contributed by atoms with Gasteiger partial charge in [0.05, 0.1) is 24.5 Å². The highest BCUT2D eigenvalue weighted by Crippen LogP contribution is 2.24. The van der Waals surface area contributed by atoms with Crippen LogP contribution in [0, 0.1) is 5.92 Å². The number of carbonyl (C=O) groups is 1. The monoisotopic (exact) mass is 328 g/mol. The summed E-state index contributed by atoms with van der Waals surface area (Å²) in [6.45, 7) is 4.67. The van der Waals surface area contributed by atoms with E-state index >= 15 is 0 Å². The topological polar surface area (TPSA) is 62.5 Å². The maximum atomic E-state index is 12.8. The standard InChI is InChI=1S/C18H24N4O2/c1-14(17-5-8-19-13-20-17)21(2)18(23)15-6-9-22(10-7-15)12-16-4-3-11-24-16/h3-5,8,11,13-15H,6-7,9-10,12H2,1-2H3/t14-/m1/s1. The highest BCUT2D eigenvalue weighted by atomic mass is 16.3. The van der Waals surface area contributed by atoms with Crippen molar-refractivity contribution < 1.29 is 9.21 Å². The minimum Gasteiger partial charge on any atom is -0.468 e. The molecule has 0 unspecified atom stereocenters. The van der Waals surface area contributed by atoms with Gasteiger partial charge in [0.1, 0.15) is 12.1 Å². The first kappa shape index (κ1) is 16.6. The van der Waals surface area contributed by atoms with Crippen LogP contribution in [-0.4, -0.2) is 45.8 Å². The first-order valence-corrected chi connectivity index (χ1v) is 8.42. The predicted molar refractivity (Wildman–Crippen MR) is 89.9 cm³/mol. The van der Waals surface area contributed by atoms with Gasteiger partial charge in [-0.25, -0.2) is 9.97 Å². The van der Waals surface area contributed by atoms with E-state index in [1.54, 1.807) is 12.5 Å². The Morgan fingerprint density at radius 2 is 2.21 bits per heavy atom.